The van der Waals surface area contributed by atoms with Crippen molar-refractivity contribution >= 4 is 23.6 Å². The highest BCUT2D eigenvalue weighted by molar-refractivity contribution is 5.74. The first-order valence-electron chi connectivity index (χ1n) is 35.6. The van der Waals surface area contributed by atoms with Crippen LogP contribution in [0, 0.1) is 0 Å². The zero-order valence-corrected chi connectivity index (χ0v) is 60.1. The summed E-state index contributed by atoms with van der Waals surface area (Å²) in [5, 5.41) is 285. The zero-order chi connectivity index (χ0) is 82.5. The Hall–Kier alpha value is -3.80. The molecule has 9 aliphatic rings. The summed E-state index contributed by atoms with van der Waals surface area (Å²) >= 11 is 0. The highest BCUT2D eigenvalue weighted by atomic mass is 16.8. The smallest absolute Gasteiger partial charge is 0.217 e. The van der Waals surface area contributed by atoms with Crippen molar-refractivity contribution in [2.45, 2.75) is 304 Å². The minimum absolute atomic E-state index is 0.808. The number of aliphatic hydroxyl groups excluding tert-OH is 25. The van der Waals surface area contributed by atoms with Crippen LogP contribution >= 0.6 is 0 Å². The molecule has 9 saturated heterocycles. The van der Waals surface area contributed by atoms with Gasteiger partial charge < -0.3 is 229 Å². The molecule has 9 heterocycles. The lowest BCUT2D eigenvalue weighted by Gasteiger charge is -2.51. The second-order valence-corrected chi connectivity index (χ2v) is 28.2. The quantitative estimate of drug-likeness (QED) is 0.0331. The van der Waals surface area contributed by atoms with Gasteiger partial charge in [0.15, 0.2) is 56.6 Å². The Morgan fingerprint density at radius 2 is 0.473 bits per heavy atom. The minimum Gasteiger partial charge on any atom is -0.394 e. The van der Waals surface area contributed by atoms with Gasteiger partial charge in [-0.15, -0.1) is 0 Å². The first kappa shape index (κ1) is 92.1. The van der Waals surface area contributed by atoms with E-state index < -0.39 is 359 Å². The van der Waals surface area contributed by atoms with Gasteiger partial charge in [-0.1, -0.05) is 0 Å². The zero-order valence-electron chi connectivity index (χ0n) is 60.1. The van der Waals surface area contributed by atoms with Crippen molar-refractivity contribution in [3.8, 4) is 0 Å². The van der Waals surface area contributed by atoms with Crippen molar-refractivity contribution in [2.75, 3.05) is 59.5 Å². The van der Waals surface area contributed by atoms with E-state index in [1.165, 1.54) is 0 Å². The molecule has 112 heavy (non-hydrogen) atoms. The fraction of sp³-hybridized carbons (Fsp3) is 0.935. The topological polar surface area (TPSA) is 779 Å². The number of nitrogens with one attached hydrogen (secondary N) is 4. The molecule has 50 nitrogen and oxygen atoms in total. The number of ether oxygens (including phenoxy) is 17. The summed E-state index contributed by atoms with van der Waals surface area (Å²) in [6.45, 7) is -5.83. The van der Waals surface area contributed by atoms with Crippen molar-refractivity contribution in [2.24, 2.45) is 0 Å². The minimum atomic E-state index is -2.52. The highest BCUT2D eigenvalue weighted by Crippen LogP contribution is 2.40. The van der Waals surface area contributed by atoms with Gasteiger partial charge in [0.25, 0.3) is 0 Å². The van der Waals surface area contributed by atoms with Crippen LogP contribution in [-0.2, 0) is 99.7 Å². The lowest BCUT2D eigenvalue weighted by atomic mass is 9.93. The van der Waals surface area contributed by atoms with Crippen molar-refractivity contribution in [3.05, 3.63) is 0 Å². The monoisotopic (exact) mass is 1640 g/mol. The fourth-order valence-corrected chi connectivity index (χ4v) is 14.5. The van der Waals surface area contributed by atoms with Crippen LogP contribution in [-0.4, -0.2) is 487 Å². The molecule has 0 aromatic rings. The number of hydrogen-bond acceptors (Lipinski definition) is 46. The third-order valence-corrected chi connectivity index (χ3v) is 20.4. The van der Waals surface area contributed by atoms with E-state index in [0.717, 1.165) is 27.7 Å². The predicted molar refractivity (Wildman–Crippen MR) is 343 cm³/mol. The Bertz CT molecular complexity index is 2970. The molecule has 9 fully saturated rings. The Morgan fingerprint density at radius 1 is 0.232 bits per heavy atom. The van der Waals surface area contributed by atoms with Gasteiger partial charge >= 0.3 is 0 Å². The summed E-state index contributed by atoms with van der Waals surface area (Å²) in [5.41, 5.74) is 0. The maximum absolute atomic E-state index is 13.2. The molecule has 0 spiro atoms. The lowest BCUT2D eigenvalue weighted by Crippen LogP contribution is -2.71. The van der Waals surface area contributed by atoms with Crippen LogP contribution in [0.3, 0.4) is 0 Å². The van der Waals surface area contributed by atoms with Gasteiger partial charge in [0.05, 0.1) is 59.5 Å². The normalized spacial score (nSPS) is 48.9. The number of hydrogen-bond donors (Lipinski definition) is 29. The van der Waals surface area contributed by atoms with E-state index in [9.17, 15) is 147 Å². The molecule has 4 amide bonds. The Kier molecular flexibility index (Phi) is 33.1. The van der Waals surface area contributed by atoms with Crippen molar-refractivity contribution < 1.29 is 227 Å². The first-order chi connectivity index (χ1) is 53.0. The number of carbonyl (C=O) groups is 4. The molecule has 9 rings (SSSR count). The van der Waals surface area contributed by atoms with Crippen LogP contribution in [0.4, 0.5) is 0 Å². The SMILES string of the molecule is CC(=O)N[C@H]1[C@H](OC[C@H]2O[C@@H](O[C@H]3[C@H](O)[C@@H](NC(C)=O)[C@H](O[C@H]4[C@@H](O)[C@@H](CO)O[C@@H](O[C@H]5[C@H](O)[C@@H](O)[C@H](O)O[C@@H]5CO)[C@@H]4O)O[C@@H]3CO)[C@H](O)[C@@H](O[C@@H]3O[C@H](CO)[C@@H](O[C@@H]4O[C@H](CO)[C@H](O)[C@@H](O[C@H]5O[C@H](CO)[C@H](O)[C@H](O)[C@H]5NC(C)=O)[C@H]4O)[C@H](O)[C@H]3NC(C)=O)[C@H]2O)O[C@H](CO)[C@@H](O[C@@H]2O[C@H](CO)[C@H](O)[C@H](O)[C@H]2O)[C@@H]1O. The summed E-state index contributed by atoms with van der Waals surface area (Å²) < 4.78 is 99.6. The van der Waals surface area contributed by atoms with Crippen LogP contribution in [0.15, 0.2) is 0 Å². The van der Waals surface area contributed by atoms with E-state index in [1.54, 1.807) is 0 Å². The molecule has 648 valence electrons. The first-order valence-corrected chi connectivity index (χ1v) is 35.6. The van der Waals surface area contributed by atoms with E-state index in [1.807, 2.05) is 0 Å². The average molecular weight is 1640 g/mol. The van der Waals surface area contributed by atoms with Gasteiger partial charge in [0.1, 0.15) is 219 Å². The number of aliphatic hydroxyl groups is 25. The van der Waals surface area contributed by atoms with E-state index >= 15 is 0 Å². The average Bonchev–Trinajstić information content (AvgIpc) is 0.767. The van der Waals surface area contributed by atoms with Crippen molar-refractivity contribution in [1.82, 2.24) is 21.3 Å². The molecule has 50 heteroatoms. The Morgan fingerprint density at radius 3 is 0.812 bits per heavy atom. The largest absolute Gasteiger partial charge is 0.394 e. The molecule has 0 aliphatic carbocycles. The molecule has 0 aromatic carbocycles. The molecule has 0 radical (unpaired) electrons. The maximum Gasteiger partial charge on any atom is 0.217 e. The van der Waals surface area contributed by atoms with Gasteiger partial charge in [-0.25, -0.2) is 0 Å². The highest BCUT2D eigenvalue weighted by Gasteiger charge is 2.61. The van der Waals surface area contributed by atoms with E-state index in [4.69, 9.17) is 80.5 Å². The number of amides is 4. The Labute approximate surface area is 634 Å². The van der Waals surface area contributed by atoms with Crippen LogP contribution in [0.1, 0.15) is 27.7 Å². The lowest BCUT2D eigenvalue weighted by molar-refractivity contribution is -0.390. The summed E-state index contributed by atoms with van der Waals surface area (Å²) in [7, 11) is 0. The van der Waals surface area contributed by atoms with Crippen LogP contribution in [0.25, 0.3) is 0 Å². The summed E-state index contributed by atoms with van der Waals surface area (Å²) in [6.07, 6.45) is -83.6. The molecule has 29 N–H and O–H groups in total. The Balaban J connectivity index is 1.01. The molecule has 0 unspecified atom stereocenters. The summed E-state index contributed by atoms with van der Waals surface area (Å²) in [5.74, 6) is -3.69. The van der Waals surface area contributed by atoms with Crippen LogP contribution in [0.5, 0.6) is 0 Å². The number of carbonyl (C=O) groups excluding carboxylic acids is 4. The summed E-state index contributed by atoms with van der Waals surface area (Å²) in [6, 6.07) is -7.52. The standard InChI is InChI=1S/C62H104N4O46/c1-14(75)63-27-36(84)31(79)18(5-67)98-56(27)110-51-33(81)20(7-69)100-60(44(51)92)107-48-24(11-73)104-58(30(38(48)86)66-17(4)78)112-53-35(83)26(13-96-55-28(64-15(2)76)37(85)47(23(10-72)102-55)106-59-43(91)40(88)32(80)19(6-68)99-59)105-62(46(53)94)108-49-25(12-74)103-57(29(39(49)87)65-16(3)77)111-52-34(82)21(8-70)101-61(45(52)93)109-50-22(9-71)97-54(95)42(90)41(50)89/h18-62,67-74,79-95H,5-13H2,1-4H3,(H,63,75)(H,64,76)(H,65,77)(H,66,78)/t18-,19-,20-,21-,22-,23-,24-,25-,26-,27-,28-,29-,30-,31+,32+,33+,34+,35+,36-,37-,38-,39-,40+,41-,42-,43-,44-,45-,46-,47-,48-,49-,50-,51-,52+,53+,54-,55-,56-,57+,58+,59+,60+,61+,62+/m1/s1. The second kappa shape index (κ2) is 40.3. The predicted octanol–water partition coefficient (Wildman–Crippen LogP) is -20.1. The van der Waals surface area contributed by atoms with Gasteiger partial charge in [0.2, 0.25) is 23.6 Å². The van der Waals surface area contributed by atoms with Crippen LogP contribution < -0.4 is 21.3 Å². The maximum atomic E-state index is 13.2. The van der Waals surface area contributed by atoms with Crippen molar-refractivity contribution in [3.63, 3.8) is 0 Å². The van der Waals surface area contributed by atoms with E-state index in [2.05, 4.69) is 21.3 Å². The molecule has 0 saturated carbocycles. The van der Waals surface area contributed by atoms with E-state index in [0.29, 0.717) is 0 Å². The fourth-order valence-electron chi connectivity index (χ4n) is 14.5. The van der Waals surface area contributed by atoms with Gasteiger partial charge in [0, 0.05) is 27.7 Å². The van der Waals surface area contributed by atoms with Gasteiger partial charge in [-0.3, -0.25) is 19.2 Å². The molecule has 9 aliphatic heterocycles. The molecule has 0 aromatic heterocycles. The van der Waals surface area contributed by atoms with Crippen LogP contribution in [0.2, 0.25) is 0 Å². The summed E-state index contributed by atoms with van der Waals surface area (Å²) in [4.78, 5) is 51.4. The van der Waals surface area contributed by atoms with Gasteiger partial charge in [-0.2, -0.15) is 0 Å². The number of rotatable bonds is 29. The van der Waals surface area contributed by atoms with Gasteiger partial charge in [-0.05, 0) is 0 Å². The van der Waals surface area contributed by atoms with E-state index in [-0.39, 0.29) is 0 Å². The molecular formula is C62H104N4O46. The third-order valence-electron chi connectivity index (χ3n) is 20.4. The molecular weight excluding hydrogens is 1540 g/mol. The van der Waals surface area contributed by atoms with Crippen molar-refractivity contribution in [1.29, 1.82) is 0 Å². The molecule has 45 atom stereocenters. The third kappa shape index (κ3) is 20.2. The second-order valence-electron chi connectivity index (χ2n) is 28.2. The molecule has 0 bridgehead atoms.